The van der Waals surface area contributed by atoms with Gasteiger partial charge in [0.2, 0.25) is 0 Å². The van der Waals surface area contributed by atoms with Crippen LogP contribution in [0.15, 0.2) is 61.3 Å². The Bertz CT molecular complexity index is 1160. The molecule has 2 atom stereocenters. The highest BCUT2D eigenvalue weighted by Crippen LogP contribution is 2.36. The summed E-state index contributed by atoms with van der Waals surface area (Å²) in [7, 11) is 0. The molecule has 30 heavy (non-hydrogen) atoms. The highest BCUT2D eigenvalue weighted by molar-refractivity contribution is 5.58. The molecular formula is C20H17F3N6O. The zero-order chi connectivity index (χ0) is 21.3. The van der Waals surface area contributed by atoms with E-state index in [0.717, 1.165) is 6.07 Å². The summed E-state index contributed by atoms with van der Waals surface area (Å²) in [6, 6.07) is 8.12. The van der Waals surface area contributed by atoms with Crippen molar-refractivity contribution in [2.24, 2.45) is 0 Å². The van der Waals surface area contributed by atoms with Gasteiger partial charge < -0.3 is 5.11 Å². The van der Waals surface area contributed by atoms with Crippen molar-refractivity contribution in [2.75, 3.05) is 0 Å². The van der Waals surface area contributed by atoms with Crippen molar-refractivity contribution < 1.29 is 18.3 Å². The molecule has 10 heteroatoms. The Labute approximate surface area is 169 Å². The Hall–Kier alpha value is -3.53. The lowest BCUT2D eigenvalue weighted by Gasteiger charge is -2.34. The molecule has 2 heterocycles. The zero-order valence-electron chi connectivity index (χ0n) is 15.8. The summed E-state index contributed by atoms with van der Waals surface area (Å²) in [6.07, 6.45) is 4.10. The maximum absolute atomic E-state index is 14.6. The molecule has 0 spiro atoms. The van der Waals surface area contributed by atoms with Crippen molar-refractivity contribution in [1.82, 2.24) is 29.8 Å². The molecule has 0 aliphatic heterocycles. The summed E-state index contributed by atoms with van der Waals surface area (Å²) in [6.45, 7) is 1.41. The van der Waals surface area contributed by atoms with Crippen LogP contribution in [0.3, 0.4) is 0 Å². The first-order valence-electron chi connectivity index (χ1n) is 9.05. The fourth-order valence-corrected chi connectivity index (χ4v) is 3.32. The van der Waals surface area contributed by atoms with Gasteiger partial charge in [0.1, 0.15) is 41.4 Å². The Morgan fingerprint density at radius 3 is 2.60 bits per heavy atom. The van der Waals surface area contributed by atoms with Crippen LogP contribution in [0, 0.1) is 17.5 Å². The van der Waals surface area contributed by atoms with Gasteiger partial charge in [0.15, 0.2) is 0 Å². The minimum Gasteiger partial charge on any atom is -0.381 e. The van der Waals surface area contributed by atoms with Gasteiger partial charge in [-0.05, 0) is 25.1 Å². The van der Waals surface area contributed by atoms with Gasteiger partial charge in [-0.2, -0.15) is 5.10 Å². The van der Waals surface area contributed by atoms with Crippen LogP contribution in [-0.2, 0) is 12.1 Å². The first kappa shape index (κ1) is 19.8. The van der Waals surface area contributed by atoms with Crippen molar-refractivity contribution in [3.8, 4) is 11.3 Å². The van der Waals surface area contributed by atoms with Gasteiger partial charge in [-0.25, -0.2) is 27.5 Å². The molecule has 0 fully saturated rings. The molecule has 7 nitrogen and oxygen atoms in total. The Kier molecular flexibility index (Phi) is 5.08. The van der Waals surface area contributed by atoms with E-state index in [9.17, 15) is 18.3 Å². The second-order valence-electron chi connectivity index (χ2n) is 6.88. The fraction of sp³-hybridized carbons (Fsp3) is 0.200. The monoisotopic (exact) mass is 414 g/mol. The molecule has 4 rings (SSSR count). The molecule has 2 aromatic heterocycles. The molecule has 4 aromatic rings. The minimum atomic E-state index is -1.90. The lowest BCUT2D eigenvalue weighted by Crippen LogP contribution is -2.41. The number of nitrogens with zero attached hydrogens (tertiary/aromatic N) is 6. The zero-order valence-corrected chi connectivity index (χ0v) is 15.8. The molecule has 0 radical (unpaired) electrons. The maximum atomic E-state index is 14.6. The largest absolute Gasteiger partial charge is 0.381 e. The van der Waals surface area contributed by atoms with Crippen molar-refractivity contribution in [2.45, 2.75) is 25.1 Å². The number of aromatic nitrogens is 6. The fourth-order valence-electron chi connectivity index (χ4n) is 3.32. The molecule has 0 saturated carbocycles. The van der Waals surface area contributed by atoms with Crippen LogP contribution in [0.1, 0.15) is 18.5 Å². The normalized spacial score (nSPS) is 14.4. The van der Waals surface area contributed by atoms with E-state index >= 15 is 0 Å². The standard InChI is InChI=1S/C20H17F3N6O/c1-13(29-9-19(26-27-29)15-4-2-3-5-17(15)22)20(30,10-28-12-24-11-25-28)16-7-6-14(21)8-18(16)23/h2-9,11-13,30H,10H2,1H3/t13-,20-/m1/s1. The third-order valence-electron chi connectivity index (χ3n) is 5.02. The van der Waals surface area contributed by atoms with Crippen LogP contribution in [0.4, 0.5) is 13.2 Å². The number of rotatable bonds is 6. The predicted molar refractivity (Wildman–Crippen MR) is 100 cm³/mol. The molecule has 0 aliphatic carbocycles. The molecule has 1 N–H and O–H groups in total. The average molecular weight is 414 g/mol. The highest BCUT2D eigenvalue weighted by atomic mass is 19.1. The second-order valence-corrected chi connectivity index (χ2v) is 6.88. The molecular weight excluding hydrogens is 397 g/mol. The van der Waals surface area contributed by atoms with E-state index in [1.165, 1.54) is 40.3 Å². The summed E-state index contributed by atoms with van der Waals surface area (Å²) in [5.41, 5.74) is -1.55. The van der Waals surface area contributed by atoms with E-state index in [1.807, 2.05) is 0 Å². The van der Waals surface area contributed by atoms with Crippen LogP contribution in [0.2, 0.25) is 0 Å². The summed E-state index contributed by atoms with van der Waals surface area (Å²) >= 11 is 0. The van der Waals surface area contributed by atoms with E-state index in [4.69, 9.17) is 0 Å². The van der Waals surface area contributed by atoms with E-state index < -0.39 is 29.1 Å². The maximum Gasteiger partial charge on any atom is 0.137 e. The van der Waals surface area contributed by atoms with Gasteiger partial charge in [0.25, 0.3) is 0 Å². The van der Waals surface area contributed by atoms with Gasteiger partial charge in [-0.1, -0.05) is 23.4 Å². The molecule has 2 aromatic carbocycles. The highest BCUT2D eigenvalue weighted by Gasteiger charge is 2.41. The van der Waals surface area contributed by atoms with Crippen molar-refractivity contribution in [3.63, 3.8) is 0 Å². The Morgan fingerprint density at radius 1 is 1.10 bits per heavy atom. The third kappa shape index (κ3) is 3.57. The van der Waals surface area contributed by atoms with E-state index in [1.54, 1.807) is 25.1 Å². The minimum absolute atomic E-state index is 0.144. The molecule has 0 amide bonds. The quantitative estimate of drug-likeness (QED) is 0.524. The van der Waals surface area contributed by atoms with Gasteiger partial charge >= 0.3 is 0 Å². The third-order valence-corrected chi connectivity index (χ3v) is 5.02. The lowest BCUT2D eigenvalue weighted by molar-refractivity contribution is -0.0374. The molecule has 0 saturated heterocycles. The smallest absolute Gasteiger partial charge is 0.137 e. The van der Waals surface area contributed by atoms with E-state index in [0.29, 0.717) is 6.07 Å². The number of hydrogen-bond acceptors (Lipinski definition) is 5. The van der Waals surface area contributed by atoms with Crippen molar-refractivity contribution in [1.29, 1.82) is 0 Å². The van der Waals surface area contributed by atoms with Crippen LogP contribution < -0.4 is 0 Å². The van der Waals surface area contributed by atoms with Crippen LogP contribution in [-0.4, -0.2) is 34.9 Å². The second kappa shape index (κ2) is 7.71. The Balaban J connectivity index is 1.76. The predicted octanol–water partition coefficient (Wildman–Crippen LogP) is 3.10. The van der Waals surface area contributed by atoms with Gasteiger partial charge in [-0.15, -0.1) is 5.10 Å². The first-order valence-corrected chi connectivity index (χ1v) is 9.05. The summed E-state index contributed by atoms with van der Waals surface area (Å²) in [5, 5.41) is 23.5. The van der Waals surface area contributed by atoms with Crippen LogP contribution >= 0.6 is 0 Å². The van der Waals surface area contributed by atoms with Crippen LogP contribution in [0.25, 0.3) is 11.3 Å². The topological polar surface area (TPSA) is 81.6 Å². The van der Waals surface area contributed by atoms with Crippen molar-refractivity contribution >= 4 is 0 Å². The van der Waals surface area contributed by atoms with E-state index in [-0.39, 0.29) is 23.4 Å². The number of halogens is 3. The van der Waals surface area contributed by atoms with E-state index in [2.05, 4.69) is 20.4 Å². The van der Waals surface area contributed by atoms with Crippen LogP contribution in [0.5, 0.6) is 0 Å². The summed E-state index contributed by atoms with van der Waals surface area (Å²) in [4.78, 5) is 3.83. The summed E-state index contributed by atoms with van der Waals surface area (Å²) in [5.74, 6) is -2.16. The number of benzene rings is 2. The lowest BCUT2D eigenvalue weighted by atomic mass is 9.86. The van der Waals surface area contributed by atoms with Gasteiger partial charge in [0, 0.05) is 17.2 Å². The average Bonchev–Trinajstić information content (AvgIpc) is 3.39. The van der Waals surface area contributed by atoms with Gasteiger partial charge in [0.05, 0.1) is 18.8 Å². The number of aliphatic hydroxyl groups is 1. The number of hydrogen-bond donors (Lipinski definition) is 1. The van der Waals surface area contributed by atoms with Crippen molar-refractivity contribution in [3.05, 3.63) is 84.3 Å². The first-order chi connectivity index (χ1) is 14.4. The molecule has 0 aliphatic rings. The molecule has 0 unspecified atom stereocenters. The summed E-state index contributed by atoms with van der Waals surface area (Å²) < 4.78 is 44.8. The Morgan fingerprint density at radius 2 is 1.90 bits per heavy atom. The SMILES string of the molecule is C[C@@H](n1cc(-c2ccccc2F)nn1)[C@](O)(Cn1cncn1)c1ccc(F)cc1F. The molecule has 0 bridgehead atoms. The molecule has 154 valence electrons. The van der Waals surface area contributed by atoms with Gasteiger partial charge in [-0.3, -0.25) is 0 Å².